The van der Waals surface area contributed by atoms with Crippen LogP contribution >= 0.6 is 11.8 Å². The third-order valence-electron chi connectivity index (χ3n) is 4.61. The molecule has 0 radical (unpaired) electrons. The first-order chi connectivity index (χ1) is 13.7. The smallest absolute Gasteiger partial charge is 0.258 e. The maximum atomic E-state index is 10.9. The van der Waals surface area contributed by atoms with Gasteiger partial charge in [0.05, 0.1) is 10.6 Å². The third kappa shape index (κ3) is 2.74. The maximum absolute atomic E-state index is 10.9. The van der Waals surface area contributed by atoms with Gasteiger partial charge in [-0.25, -0.2) is 0 Å². The average molecular weight is 387 g/mol. The minimum Gasteiger partial charge on any atom is -0.258 e. The van der Waals surface area contributed by atoms with Crippen LogP contribution in [0.2, 0.25) is 0 Å². The highest BCUT2D eigenvalue weighted by atomic mass is 32.2. The quantitative estimate of drug-likeness (QED) is 0.385. The van der Waals surface area contributed by atoms with Crippen molar-refractivity contribution in [2.75, 3.05) is 5.75 Å². The summed E-state index contributed by atoms with van der Waals surface area (Å²) < 4.78 is 1.76. The van der Waals surface area contributed by atoms with Gasteiger partial charge in [0.2, 0.25) is 5.16 Å². The number of nitro groups is 1. The molecular weight excluding hydrogens is 374 g/mol. The standard InChI is InChI=1S/C20H13N5O2S/c26-25(27)15-10-8-14(9-11-15)18-12-28-20-22-21-19(24(20)23-18)17-7-3-5-13-4-1-2-6-16(13)17/h1-11H,12H2. The van der Waals surface area contributed by atoms with Gasteiger partial charge in [-0.1, -0.05) is 54.2 Å². The van der Waals surface area contributed by atoms with E-state index < -0.39 is 4.92 Å². The zero-order chi connectivity index (χ0) is 19.1. The number of non-ortho nitro benzene ring substituents is 1. The van der Waals surface area contributed by atoms with Gasteiger partial charge in [-0.05, 0) is 28.5 Å². The summed E-state index contributed by atoms with van der Waals surface area (Å²) in [5.74, 6) is 1.31. The van der Waals surface area contributed by atoms with Gasteiger partial charge in [0.25, 0.3) is 5.69 Å². The Morgan fingerprint density at radius 3 is 2.57 bits per heavy atom. The van der Waals surface area contributed by atoms with E-state index in [2.05, 4.69) is 28.4 Å². The van der Waals surface area contributed by atoms with Crippen LogP contribution in [0.15, 0.2) is 77.0 Å². The van der Waals surface area contributed by atoms with E-state index in [1.165, 1.54) is 12.1 Å². The molecule has 8 heteroatoms. The molecule has 7 nitrogen and oxygen atoms in total. The van der Waals surface area contributed by atoms with Crippen molar-refractivity contribution in [3.05, 3.63) is 82.4 Å². The molecule has 0 spiro atoms. The number of nitrogens with zero attached hydrogens (tertiary/aromatic N) is 5. The van der Waals surface area contributed by atoms with Gasteiger partial charge >= 0.3 is 0 Å². The number of nitro benzene ring substituents is 1. The summed E-state index contributed by atoms with van der Waals surface area (Å²) in [6.45, 7) is 0. The second kappa shape index (κ2) is 6.58. The van der Waals surface area contributed by atoms with E-state index in [0.29, 0.717) is 11.6 Å². The van der Waals surface area contributed by atoms with E-state index in [-0.39, 0.29) is 5.69 Å². The first kappa shape index (κ1) is 16.6. The molecule has 28 heavy (non-hydrogen) atoms. The van der Waals surface area contributed by atoms with Crippen LogP contribution in [0.3, 0.4) is 0 Å². The molecule has 5 rings (SSSR count). The minimum absolute atomic E-state index is 0.0641. The molecule has 0 N–H and O–H groups in total. The number of thioether (sulfide) groups is 1. The molecule has 2 heterocycles. The van der Waals surface area contributed by atoms with Crippen LogP contribution in [0.5, 0.6) is 0 Å². The Labute approximate surface area is 163 Å². The molecule has 0 bridgehead atoms. The largest absolute Gasteiger partial charge is 0.269 e. The fourth-order valence-corrected chi connectivity index (χ4v) is 4.07. The number of benzene rings is 3. The molecule has 0 unspecified atom stereocenters. The second-order valence-corrected chi connectivity index (χ2v) is 7.23. The highest BCUT2D eigenvalue weighted by molar-refractivity contribution is 7.99. The summed E-state index contributed by atoms with van der Waals surface area (Å²) in [5, 5.41) is 27.2. The van der Waals surface area contributed by atoms with Crippen LogP contribution in [-0.4, -0.2) is 31.3 Å². The highest BCUT2D eigenvalue weighted by Crippen LogP contribution is 2.32. The summed E-state index contributed by atoms with van der Waals surface area (Å²) in [7, 11) is 0. The van der Waals surface area contributed by atoms with Crippen LogP contribution in [-0.2, 0) is 0 Å². The lowest BCUT2D eigenvalue weighted by Crippen LogP contribution is -2.13. The Balaban J connectivity index is 1.61. The van der Waals surface area contributed by atoms with Crippen LogP contribution in [0.1, 0.15) is 5.56 Å². The summed E-state index contributed by atoms with van der Waals surface area (Å²) in [6.07, 6.45) is 0. The molecule has 0 atom stereocenters. The molecule has 0 aliphatic carbocycles. The lowest BCUT2D eigenvalue weighted by molar-refractivity contribution is -0.384. The number of aromatic nitrogens is 3. The first-order valence-electron chi connectivity index (χ1n) is 8.60. The molecule has 1 aromatic heterocycles. The molecule has 136 valence electrons. The Hall–Kier alpha value is -3.52. The van der Waals surface area contributed by atoms with E-state index in [1.54, 1.807) is 28.6 Å². The van der Waals surface area contributed by atoms with Gasteiger partial charge in [0.1, 0.15) is 0 Å². The zero-order valence-corrected chi connectivity index (χ0v) is 15.3. The number of hydrogen-bond donors (Lipinski definition) is 0. The van der Waals surface area contributed by atoms with Gasteiger partial charge < -0.3 is 0 Å². The lowest BCUT2D eigenvalue weighted by Gasteiger charge is -2.14. The molecule has 0 amide bonds. The van der Waals surface area contributed by atoms with Crippen molar-refractivity contribution in [2.24, 2.45) is 5.10 Å². The summed E-state index contributed by atoms with van der Waals surface area (Å²) in [6, 6.07) is 20.6. The number of hydrogen-bond acceptors (Lipinski definition) is 6. The Morgan fingerprint density at radius 2 is 1.75 bits per heavy atom. The van der Waals surface area contributed by atoms with Crippen molar-refractivity contribution >= 4 is 33.9 Å². The SMILES string of the molecule is O=[N+]([O-])c1ccc(C2=Nn3c(nnc3-c3cccc4ccccc34)SC2)cc1. The molecule has 1 aliphatic rings. The van der Waals surface area contributed by atoms with E-state index in [4.69, 9.17) is 5.10 Å². The van der Waals surface area contributed by atoms with Gasteiger partial charge in [0, 0.05) is 23.4 Å². The van der Waals surface area contributed by atoms with E-state index in [9.17, 15) is 10.1 Å². The summed E-state index contributed by atoms with van der Waals surface area (Å²) in [4.78, 5) is 10.5. The number of rotatable bonds is 3. The van der Waals surface area contributed by atoms with Crippen molar-refractivity contribution in [3.8, 4) is 11.4 Å². The van der Waals surface area contributed by atoms with Crippen molar-refractivity contribution in [2.45, 2.75) is 5.16 Å². The maximum Gasteiger partial charge on any atom is 0.269 e. The Kier molecular flexibility index (Phi) is 3.91. The second-order valence-electron chi connectivity index (χ2n) is 6.28. The van der Waals surface area contributed by atoms with Crippen molar-refractivity contribution in [1.82, 2.24) is 14.9 Å². The molecule has 0 saturated heterocycles. The predicted molar refractivity (Wildman–Crippen MR) is 109 cm³/mol. The Morgan fingerprint density at radius 1 is 0.964 bits per heavy atom. The molecule has 0 fully saturated rings. The minimum atomic E-state index is -0.405. The summed E-state index contributed by atoms with van der Waals surface area (Å²) in [5.41, 5.74) is 2.70. The lowest BCUT2D eigenvalue weighted by atomic mass is 10.0. The van der Waals surface area contributed by atoms with Crippen LogP contribution in [0, 0.1) is 10.1 Å². The van der Waals surface area contributed by atoms with E-state index in [0.717, 1.165) is 32.8 Å². The molecule has 0 saturated carbocycles. The Bertz CT molecular complexity index is 1240. The van der Waals surface area contributed by atoms with Crippen molar-refractivity contribution < 1.29 is 4.92 Å². The van der Waals surface area contributed by atoms with Gasteiger partial charge in [-0.15, -0.1) is 10.2 Å². The average Bonchev–Trinajstić information content (AvgIpc) is 3.16. The third-order valence-corrected chi connectivity index (χ3v) is 5.54. The molecule has 1 aliphatic heterocycles. The molecule has 4 aromatic rings. The van der Waals surface area contributed by atoms with Gasteiger partial charge in [-0.2, -0.15) is 9.78 Å². The molecular formula is C20H13N5O2S. The summed E-state index contributed by atoms with van der Waals surface area (Å²) >= 11 is 1.55. The zero-order valence-electron chi connectivity index (χ0n) is 14.5. The van der Waals surface area contributed by atoms with E-state index >= 15 is 0 Å². The highest BCUT2D eigenvalue weighted by Gasteiger charge is 2.22. The van der Waals surface area contributed by atoms with Crippen molar-refractivity contribution in [3.63, 3.8) is 0 Å². The number of fused-ring (bicyclic) bond motifs is 2. The fraction of sp³-hybridized carbons (Fsp3) is 0.0500. The van der Waals surface area contributed by atoms with E-state index in [1.807, 2.05) is 24.3 Å². The topological polar surface area (TPSA) is 86.2 Å². The molecule has 3 aromatic carbocycles. The van der Waals surface area contributed by atoms with Crippen LogP contribution < -0.4 is 0 Å². The van der Waals surface area contributed by atoms with Crippen molar-refractivity contribution in [1.29, 1.82) is 0 Å². The van der Waals surface area contributed by atoms with Gasteiger partial charge in [-0.3, -0.25) is 10.1 Å². The predicted octanol–water partition coefficient (Wildman–Crippen LogP) is 4.36. The monoisotopic (exact) mass is 387 g/mol. The fourth-order valence-electron chi connectivity index (χ4n) is 3.23. The van der Waals surface area contributed by atoms with Crippen LogP contribution in [0.25, 0.3) is 22.2 Å². The first-order valence-corrected chi connectivity index (χ1v) is 9.58. The van der Waals surface area contributed by atoms with Crippen LogP contribution in [0.4, 0.5) is 5.69 Å². The normalized spacial score (nSPS) is 13.2. The van der Waals surface area contributed by atoms with Gasteiger partial charge in [0.15, 0.2) is 5.82 Å².